The molecule has 0 aliphatic carbocycles. The van der Waals surface area contributed by atoms with Gasteiger partial charge in [-0.1, -0.05) is 46.4 Å². The van der Waals surface area contributed by atoms with Gasteiger partial charge in [0.15, 0.2) is 12.0 Å². The summed E-state index contributed by atoms with van der Waals surface area (Å²) in [6.45, 7) is 0. The second-order valence-electron chi connectivity index (χ2n) is 2.19. The topological polar surface area (TPSA) is 26.3 Å². The highest BCUT2D eigenvalue weighted by molar-refractivity contribution is 6.53. The molecule has 1 aromatic carbocycles. The van der Waals surface area contributed by atoms with E-state index in [1.807, 2.05) is 0 Å². The molecule has 1 aromatic rings. The van der Waals surface area contributed by atoms with Crippen molar-refractivity contribution in [3.8, 4) is 5.75 Å². The number of hydrogen-bond acceptors (Lipinski definition) is 2. The summed E-state index contributed by atoms with van der Waals surface area (Å²) in [5.41, 5.74) is -0.0407. The lowest BCUT2D eigenvalue weighted by Crippen LogP contribution is -1.91. The van der Waals surface area contributed by atoms with E-state index in [1.165, 1.54) is 0 Å². The molecule has 0 aliphatic heterocycles. The van der Waals surface area contributed by atoms with Crippen LogP contribution in [0.2, 0.25) is 20.1 Å². The predicted octanol–water partition coefficient (Wildman–Crippen LogP) is 4.65. The Labute approximate surface area is 105 Å². The van der Waals surface area contributed by atoms with Crippen LogP contribution >= 0.6 is 58.3 Å². The van der Waals surface area contributed by atoms with Crippen LogP contribution in [-0.4, -0.2) is 6.29 Å². The average molecular weight is 294 g/mol. The Morgan fingerprint density at radius 2 is 1.43 bits per heavy atom. The molecule has 0 heterocycles. The van der Waals surface area contributed by atoms with Gasteiger partial charge in [0.1, 0.15) is 16.9 Å². The van der Waals surface area contributed by atoms with Gasteiger partial charge in [0.25, 0.3) is 0 Å². The zero-order chi connectivity index (χ0) is 10.9. The Bertz CT molecular complexity index is 390. The van der Waals surface area contributed by atoms with Crippen LogP contribution in [0.15, 0.2) is 0 Å². The van der Waals surface area contributed by atoms with Crippen LogP contribution in [-0.2, 0) is 0 Å². The number of halogens is 5. The predicted molar refractivity (Wildman–Crippen MR) is 58.4 cm³/mol. The van der Waals surface area contributed by atoms with Gasteiger partial charge in [-0.3, -0.25) is 4.79 Å². The van der Waals surface area contributed by atoms with E-state index in [1.54, 1.807) is 0 Å². The highest BCUT2D eigenvalue weighted by Gasteiger charge is 2.21. The minimum atomic E-state index is -0.109. The zero-order valence-corrected chi connectivity index (χ0v) is 10.1. The van der Waals surface area contributed by atoms with Crippen molar-refractivity contribution >= 4 is 64.6 Å². The van der Waals surface area contributed by atoms with E-state index < -0.39 is 0 Å². The molecule has 0 bridgehead atoms. The van der Waals surface area contributed by atoms with Crippen molar-refractivity contribution in [1.29, 1.82) is 0 Å². The first-order chi connectivity index (χ1) is 6.54. The monoisotopic (exact) mass is 292 g/mol. The van der Waals surface area contributed by atoms with E-state index in [4.69, 9.17) is 58.3 Å². The van der Waals surface area contributed by atoms with Crippen molar-refractivity contribution < 1.29 is 9.08 Å². The summed E-state index contributed by atoms with van der Waals surface area (Å²) in [4.78, 5) is 10.6. The minimum Gasteiger partial charge on any atom is -0.383 e. The van der Waals surface area contributed by atoms with Crippen molar-refractivity contribution in [2.75, 3.05) is 0 Å². The second kappa shape index (κ2) is 4.77. The number of carbonyl (C=O) groups excluding carboxylic acids is 1. The quantitative estimate of drug-likeness (QED) is 0.451. The maximum Gasteiger partial charge on any atom is 0.178 e. The molecule has 0 unspecified atom stereocenters. The molecule has 0 aromatic heterocycles. The summed E-state index contributed by atoms with van der Waals surface area (Å²) in [6, 6.07) is 0. The van der Waals surface area contributed by atoms with Gasteiger partial charge in [0, 0.05) is 0 Å². The Balaban J connectivity index is 3.65. The third-order valence-electron chi connectivity index (χ3n) is 1.45. The second-order valence-corrected chi connectivity index (χ2v) is 3.86. The molecule has 1 rings (SSSR count). The maximum absolute atomic E-state index is 10.6. The number of hydrogen-bond donors (Lipinski definition) is 0. The van der Waals surface area contributed by atoms with Gasteiger partial charge in [0.2, 0.25) is 0 Å². The van der Waals surface area contributed by atoms with Gasteiger partial charge in [-0.15, -0.1) is 0 Å². The van der Waals surface area contributed by atoms with Crippen molar-refractivity contribution in [3.05, 3.63) is 25.7 Å². The van der Waals surface area contributed by atoms with Crippen LogP contribution in [0.4, 0.5) is 0 Å². The summed E-state index contributed by atoms with van der Waals surface area (Å²) >= 11 is 27.9. The van der Waals surface area contributed by atoms with Gasteiger partial charge >= 0.3 is 0 Å². The fraction of sp³-hybridized carbons (Fsp3) is 0. The van der Waals surface area contributed by atoms with Crippen molar-refractivity contribution in [2.24, 2.45) is 0 Å². The molecular weight excluding hydrogens is 293 g/mol. The molecule has 0 atom stereocenters. The van der Waals surface area contributed by atoms with Crippen LogP contribution < -0.4 is 4.29 Å². The fourth-order valence-electron chi connectivity index (χ4n) is 0.809. The van der Waals surface area contributed by atoms with Crippen LogP contribution in [0.25, 0.3) is 0 Å². The number of rotatable bonds is 2. The highest BCUT2D eigenvalue weighted by atomic mass is 35.5. The van der Waals surface area contributed by atoms with E-state index >= 15 is 0 Å². The first kappa shape index (κ1) is 12.2. The summed E-state index contributed by atoms with van der Waals surface area (Å²) in [7, 11) is 0. The van der Waals surface area contributed by atoms with Crippen molar-refractivity contribution in [1.82, 2.24) is 0 Å². The SMILES string of the molecule is O=Cc1c(Cl)c(Cl)c(Cl)c(Cl)c1OCl. The number of benzene rings is 1. The molecule has 0 spiro atoms. The molecule has 76 valence electrons. The molecule has 0 saturated carbocycles. The molecular formula is C7HCl5O2. The first-order valence-corrected chi connectivity index (χ1v) is 4.96. The van der Waals surface area contributed by atoms with Crippen molar-refractivity contribution in [3.63, 3.8) is 0 Å². The molecule has 0 radical (unpaired) electrons. The van der Waals surface area contributed by atoms with Gasteiger partial charge in [0.05, 0.1) is 20.6 Å². The summed E-state index contributed by atoms with van der Waals surface area (Å²) in [5.74, 6) is -0.109. The average Bonchev–Trinajstić information content (AvgIpc) is 2.20. The normalized spacial score (nSPS) is 10.1. The number of aldehydes is 1. The van der Waals surface area contributed by atoms with Crippen LogP contribution in [0.3, 0.4) is 0 Å². The Kier molecular flexibility index (Phi) is 4.16. The lowest BCUT2D eigenvalue weighted by Gasteiger charge is -2.09. The Morgan fingerprint density at radius 3 is 1.86 bits per heavy atom. The zero-order valence-electron chi connectivity index (χ0n) is 6.28. The van der Waals surface area contributed by atoms with E-state index in [-0.39, 0.29) is 31.4 Å². The Morgan fingerprint density at radius 1 is 0.929 bits per heavy atom. The summed E-state index contributed by atoms with van der Waals surface area (Å²) < 4.78 is 4.37. The molecule has 0 aliphatic rings. The van der Waals surface area contributed by atoms with Gasteiger partial charge in [-0.25, -0.2) is 0 Å². The molecule has 2 nitrogen and oxygen atoms in total. The molecule has 0 N–H and O–H groups in total. The van der Waals surface area contributed by atoms with Crippen LogP contribution in [0.1, 0.15) is 10.4 Å². The van der Waals surface area contributed by atoms with Gasteiger partial charge in [-0.05, 0) is 0 Å². The number of carbonyl (C=O) groups is 1. The first-order valence-electron chi connectivity index (χ1n) is 3.14. The molecule has 7 heteroatoms. The van der Waals surface area contributed by atoms with E-state index in [9.17, 15) is 4.79 Å². The smallest absolute Gasteiger partial charge is 0.178 e. The Hall–Kier alpha value is 0.140. The third kappa shape index (κ3) is 1.90. The van der Waals surface area contributed by atoms with E-state index in [0.29, 0.717) is 6.29 Å². The summed E-state index contributed by atoms with van der Waals surface area (Å²) in [6.07, 6.45) is 0.425. The third-order valence-corrected chi connectivity index (χ3v) is 3.41. The fourth-order valence-corrected chi connectivity index (χ4v) is 1.94. The largest absolute Gasteiger partial charge is 0.383 e. The lowest BCUT2D eigenvalue weighted by atomic mass is 10.2. The molecule has 0 fully saturated rings. The molecule has 0 saturated heterocycles. The standard InChI is InChI=1S/C7HCl5O2/c8-3-2(1-13)7(14-12)6(11)5(10)4(3)9/h1H. The van der Waals surface area contributed by atoms with Crippen LogP contribution in [0, 0.1) is 0 Å². The van der Waals surface area contributed by atoms with Crippen LogP contribution in [0.5, 0.6) is 5.75 Å². The van der Waals surface area contributed by atoms with Gasteiger partial charge < -0.3 is 4.29 Å². The lowest BCUT2D eigenvalue weighted by molar-refractivity contribution is 0.112. The summed E-state index contributed by atoms with van der Waals surface area (Å²) in [5, 5.41) is -0.137. The molecule has 14 heavy (non-hydrogen) atoms. The molecule has 0 amide bonds. The highest BCUT2D eigenvalue weighted by Crippen LogP contribution is 2.45. The minimum absolute atomic E-state index is 0.0143. The van der Waals surface area contributed by atoms with E-state index in [0.717, 1.165) is 0 Å². The maximum atomic E-state index is 10.6. The van der Waals surface area contributed by atoms with Crippen molar-refractivity contribution in [2.45, 2.75) is 0 Å². The van der Waals surface area contributed by atoms with Gasteiger partial charge in [-0.2, -0.15) is 0 Å². The van der Waals surface area contributed by atoms with E-state index in [2.05, 4.69) is 4.29 Å².